The van der Waals surface area contributed by atoms with Gasteiger partial charge in [0, 0.05) is 25.7 Å². The highest BCUT2D eigenvalue weighted by Gasteiger charge is 2.62. The lowest BCUT2D eigenvalue weighted by Crippen LogP contribution is -2.72. The molecule has 3 aliphatic heterocycles. The number of carbonyl (C=O) groups excluding carboxylic acids is 3. The first-order chi connectivity index (χ1) is 19.4. The smallest absolute Gasteiger partial charge is 0.330 e. The maximum atomic E-state index is 14.4. The third-order valence-electron chi connectivity index (χ3n) is 8.42. The van der Waals surface area contributed by atoms with Gasteiger partial charge in [0.1, 0.15) is 11.5 Å². The van der Waals surface area contributed by atoms with Gasteiger partial charge in [0.2, 0.25) is 11.8 Å². The number of fused-ring (bicyclic) bond motifs is 5. The van der Waals surface area contributed by atoms with Crippen molar-refractivity contribution in [3.8, 4) is 11.5 Å². The van der Waals surface area contributed by atoms with Crippen LogP contribution in [0.2, 0.25) is 0 Å². The Morgan fingerprint density at radius 1 is 1.02 bits per heavy atom. The number of ether oxygens (including phenoxy) is 2. The molecule has 0 bridgehead atoms. The summed E-state index contributed by atoms with van der Waals surface area (Å²) in [6, 6.07) is 9.46. The van der Waals surface area contributed by atoms with Crippen molar-refractivity contribution < 1.29 is 23.9 Å². The van der Waals surface area contributed by atoms with Crippen molar-refractivity contribution >= 4 is 29.3 Å². The SMILES string of the molecule is COc1ccc(CCN2C(=O)NC(=O)[C@]3(Cc4c(nc5ccccn5c4=O)N4CCCCC[C@H]43)C2=O)cc1OC. The Bertz CT molecular complexity index is 1580. The second-order valence-corrected chi connectivity index (χ2v) is 10.5. The van der Waals surface area contributed by atoms with Crippen molar-refractivity contribution in [3.63, 3.8) is 0 Å². The molecule has 11 nitrogen and oxygen atoms in total. The summed E-state index contributed by atoms with van der Waals surface area (Å²) in [6.07, 6.45) is 5.05. The van der Waals surface area contributed by atoms with E-state index in [9.17, 15) is 19.2 Å². The van der Waals surface area contributed by atoms with E-state index in [1.165, 1.54) is 4.40 Å². The number of hydrogen-bond acceptors (Lipinski definition) is 8. The fourth-order valence-corrected chi connectivity index (χ4v) is 6.41. The van der Waals surface area contributed by atoms with Crippen molar-refractivity contribution in [1.29, 1.82) is 0 Å². The lowest BCUT2D eigenvalue weighted by Gasteiger charge is -2.50. The molecule has 2 atom stereocenters. The van der Waals surface area contributed by atoms with Gasteiger partial charge in [-0.3, -0.25) is 29.0 Å². The summed E-state index contributed by atoms with van der Waals surface area (Å²) < 4.78 is 12.1. The summed E-state index contributed by atoms with van der Waals surface area (Å²) in [7, 11) is 3.09. The number of hydrogen-bond donors (Lipinski definition) is 1. The minimum Gasteiger partial charge on any atom is -0.493 e. The molecule has 4 amide bonds. The van der Waals surface area contributed by atoms with Crippen LogP contribution in [0, 0.1) is 5.41 Å². The van der Waals surface area contributed by atoms with E-state index < -0.39 is 29.3 Å². The van der Waals surface area contributed by atoms with Crippen molar-refractivity contribution in [2.75, 3.05) is 32.2 Å². The molecule has 6 rings (SSSR count). The largest absolute Gasteiger partial charge is 0.493 e. The predicted octanol–water partition coefficient (Wildman–Crippen LogP) is 2.32. The van der Waals surface area contributed by atoms with E-state index >= 15 is 0 Å². The summed E-state index contributed by atoms with van der Waals surface area (Å²) in [6.45, 7) is 0.624. The Morgan fingerprint density at radius 3 is 2.65 bits per heavy atom. The first-order valence-corrected chi connectivity index (χ1v) is 13.5. The van der Waals surface area contributed by atoms with Crippen LogP contribution in [0.3, 0.4) is 0 Å². The first kappa shape index (κ1) is 25.8. The second kappa shape index (κ2) is 9.96. The Labute approximate surface area is 230 Å². The standard InChI is InChI=1S/C29H31N5O6/c1-39-20-11-10-18(16-21(20)40-2)12-15-34-27(37)29(26(36)31-28(34)38)17-19-24(32-13-6-3-4-8-22(29)32)30-23-9-5-7-14-33(23)25(19)35/h5,7,9-11,14,16,22H,3-4,6,8,12-13,15,17H2,1-2H3,(H,31,36,38)/t22-,29+/m0/s1. The van der Waals surface area contributed by atoms with Crippen LogP contribution in [-0.4, -0.2) is 65.5 Å². The molecule has 208 valence electrons. The number of benzene rings is 1. The summed E-state index contributed by atoms with van der Waals surface area (Å²) >= 11 is 0. The highest BCUT2D eigenvalue weighted by molar-refractivity contribution is 6.20. The number of urea groups is 1. The summed E-state index contributed by atoms with van der Waals surface area (Å²) in [5.74, 6) is 0.429. The molecule has 11 heteroatoms. The molecule has 0 radical (unpaired) electrons. The Morgan fingerprint density at radius 2 is 1.85 bits per heavy atom. The Kier molecular flexibility index (Phi) is 6.44. The highest BCUT2D eigenvalue weighted by atomic mass is 16.5. The average Bonchev–Trinajstić information content (AvgIpc) is 3.23. The number of imide groups is 2. The van der Waals surface area contributed by atoms with E-state index in [4.69, 9.17) is 14.5 Å². The molecule has 1 spiro atoms. The number of nitrogens with one attached hydrogen (secondary N) is 1. The number of aromatic nitrogens is 2. The molecule has 2 aromatic heterocycles. The zero-order chi connectivity index (χ0) is 28.0. The maximum Gasteiger partial charge on any atom is 0.330 e. The van der Waals surface area contributed by atoms with Gasteiger partial charge in [0.25, 0.3) is 5.56 Å². The molecule has 0 aliphatic carbocycles. The van der Waals surface area contributed by atoms with Crippen LogP contribution in [0.1, 0.15) is 36.8 Å². The Hall–Kier alpha value is -4.41. The third-order valence-corrected chi connectivity index (χ3v) is 8.42. The fraction of sp³-hybridized carbons (Fsp3) is 0.414. The third kappa shape index (κ3) is 3.90. The van der Waals surface area contributed by atoms with Crippen LogP contribution < -0.4 is 25.2 Å². The van der Waals surface area contributed by atoms with Gasteiger partial charge >= 0.3 is 6.03 Å². The van der Waals surface area contributed by atoms with Gasteiger partial charge in [-0.25, -0.2) is 9.78 Å². The zero-order valence-electron chi connectivity index (χ0n) is 22.5. The fourth-order valence-electron chi connectivity index (χ4n) is 6.41. The minimum atomic E-state index is -1.62. The van der Waals surface area contributed by atoms with E-state index in [1.54, 1.807) is 44.7 Å². The van der Waals surface area contributed by atoms with Crippen LogP contribution in [0.4, 0.5) is 10.6 Å². The number of nitrogens with zero attached hydrogens (tertiary/aromatic N) is 4. The molecule has 40 heavy (non-hydrogen) atoms. The van der Waals surface area contributed by atoms with Crippen molar-refractivity contribution in [3.05, 3.63) is 64.1 Å². The van der Waals surface area contributed by atoms with Gasteiger partial charge < -0.3 is 14.4 Å². The predicted molar refractivity (Wildman–Crippen MR) is 146 cm³/mol. The molecule has 0 saturated carbocycles. The van der Waals surface area contributed by atoms with Crippen LogP contribution >= 0.6 is 0 Å². The number of barbiturate groups is 1. The van der Waals surface area contributed by atoms with Gasteiger partial charge in [0.05, 0.1) is 25.8 Å². The van der Waals surface area contributed by atoms with Crippen molar-refractivity contribution in [2.24, 2.45) is 5.41 Å². The van der Waals surface area contributed by atoms with Gasteiger partial charge in [-0.1, -0.05) is 25.0 Å². The maximum absolute atomic E-state index is 14.4. The molecule has 2 fully saturated rings. The topological polar surface area (TPSA) is 123 Å². The monoisotopic (exact) mass is 545 g/mol. The highest BCUT2D eigenvalue weighted by Crippen LogP contribution is 2.45. The number of rotatable bonds is 5. The zero-order valence-corrected chi connectivity index (χ0v) is 22.5. The molecule has 2 saturated heterocycles. The number of carbonyl (C=O) groups is 3. The van der Waals surface area contributed by atoms with Crippen LogP contribution in [0.15, 0.2) is 47.4 Å². The number of methoxy groups -OCH3 is 2. The Balaban J connectivity index is 1.41. The van der Waals surface area contributed by atoms with Gasteiger partial charge in [-0.2, -0.15) is 0 Å². The van der Waals surface area contributed by atoms with Crippen molar-refractivity contribution in [2.45, 2.75) is 44.6 Å². The molecule has 5 heterocycles. The van der Waals surface area contributed by atoms with E-state index in [-0.39, 0.29) is 18.5 Å². The van der Waals surface area contributed by atoms with Crippen LogP contribution in [0.5, 0.6) is 11.5 Å². The van der Waals surface area contributed by atoms with E-state index in [0.717, 1.165) is 29.7 Å². The minimum absolute atomic E-state index is 0.0592. The molecule has 3 aromatic rings. The quantitative estimate of drug-likeness (QED) is 0.485. The van der Waals surface area contributed by atoms with E-state index in [1.807, 2.05) is 17.0 Å². The van der Waals surface area contributed by atoms with Gasteiger partial charge in [-0.05, 0) is 49.1 Å². The number of anilines is 1. The normalized spacial score (nSPS) is 22.6. The van der Waals surface area contributed by atoms with Crippen LogP contribution in [0.25, 0.3) is 5.65 Å². The summed E-state index contributed by atoms with van der Waals surface area (Å²) in [4.78, 5) is 62.8. The van der Waals surface area contributed by atoms with Gasteiger partial charge in [-0.15, -0.1) is 0 Å². The van der Waals surface area contributed by atoms with Crippen LogP contribution in [-0.2, 0) is 22.4 Å². The summed E-state index contributed by atoms with van der Waals surface area (Å²) in [5.41, 5.74) is -0.261. The summed E-state index contributed by atoms with van der Waals surface area (Å²) in [5, 5.41) is 2.46. The average molecular weight is 546 g/mol. The lowest BCUT2D eigenvalue weighted by atomic mass is 9.68. The van der Waals surface area contributed by atoms with E-state index in [0.29, 0.717) is 47.9 Å². The molecule has 3 aliphatic rings. The number of amides is 4. The van der Waals surface area contributed by atoms with Gasteiger partial charge in [0.15, 0.2) is 16.9 Å². The number of pyridine rings is 1. The van der Waals surface area contributed by atoms with Crippen molar-refractivity contribution in [1.82, 2.24) is 19.6 Å². The second-order valence-electron chi connectivity index (χ2n) is 10.5. The lowest BCUT2D eigenvalue weighted by molar-refractivity contribution is -0.153. The molecule has 1 N–H and O–H groups in total. The molecule has 1 aromatic carbocycles. The molecule has 0 unspecified atom stereocenters. The first-order valence-electron chi connectivity index (χ1n) is 13.5. The molecular weight excluding hydrogens is 514 g/mol. The molecular formula is C29H31N5O6. The van der Waals surface area contributed by atoms with E-state index in [2.05, 4.69) is 5.32 Å².